The van der Waals surface area contributed by atoms with E-state index in [1.807, 2.05) is 36.9 Å². The number of pyridine rings is 1. The van der Waals surface area contributed by atoms with Gasteiger partial charge in [-0.05, 0) is 51.3 Å². The summed E-state index contributed by atoms with van der Waals surface area (Å²) in [6, 6.07) is 6.06. The number of amides is 1. The lowest BCUT2D eigenvalue weighted by Gasteiger charge is -2.32. The Labute approximate surface area is 155 Å². The average Bonchev–Trinajstić information content (AvgIpc) is 3.12. The zero-order valence-corrected chi connectivity index (χ0v) is 15.7. The molecular weight excluding hydrogens is 328 g/mol. The summed E-state index contributed by atoms with van der Waals surface area (Å²) in [6.07, 6.45) is 5.99. The summed E-state index contributed by atoms with van der Waals surface area (Å²) in [5.74, 6) is 0.479. The molecule has 7 heteroatoms. The van der Waals surface area contributed by atoms with E-state index in [9.17, 15) is 4.79 Å². The van der Waals surface area contributed by atoms with Gasteiger partial charge in [0, 0.05) is 38.9 Å². The van der Waals surface area contributed by atoms with Crippen molar-refractivity contribution in [2.45, 2.75) is 39.8 Å². The second-order valence-electron chi connectivity index (χ2n) is 6.87. The Kier molecular flexibility index (Phi) is 6.33. The molecule has 1 saturated heterocycles. The van der Waals surface area contributed by atoms with Crippen LogP contribution in [0.3, 0.4) is 0 Å². The molecular formula is C19H28N6O. The Morgan fingerprint density at radius 1 is 1.31 bits per heavy atom. The summed E-state index contributed by atoms with van der Waals surface area (Å²) in [7, 11) is 0. The van der Waals surface area contributed by atoms with Gasteiger partial charge in [0.15, 0.2) is 5.69 Å². The molecule has 1 aliphatic heterocycles. The Hall–Kier alpha value is -2.28. The number of carbonyl (C=O) groups excluding carboxylic acids is 1. The Morgan fingerprint density at radius 2 is 2.15 bits per heavy atom. The first kappa shape index (κ1) is 18.5. The van der Waals surface area contributed by atoms with Gasteiger partial charge in [-0.25, -0.2) is 0 Å². The van der Waals surface area contributed by atoms with Gasteiger partial charge in [0.25, 0.3) is 5.91 Å². The molecule has 2 aromatic heterocycles. The third-order valence-corrected chi connectivity index (χ3v) is 4.97. The van der Waals surface area contributed by atoms with E-state index in [0.29, 0.717) is 24.7 Å². The van der Waals surface area contributed by atoms with Crippen molar-refractivity contribution < 1.29 is 4.79 Å². The quantitative estimate of drug-likeness (QED) is 0.760. The van der Waals surface area contributed by atoms with Gasteiger partial charge in [-0.2, -0.15) is 0 Å². The van der Waals surface area contributed by atoms with Crippen LogP contribution in [0.25, 0.3) is 0 Å². The van der Waals surface area contributed by atoms with Crippen molar-refractivity contribution in [2.75, 3.05) is 26.2 Å². The molecule has 3 rings (SSSR count). The lowest BCUT2D eigenvalue weighted by atomic mass is 9.98. The van der Waals surface area contributed by atoms with E-state index in [1.165, 1.54) is 12.8 Å². The van der Waals surface area contributed by atoms with Crippen molar-refractivity contribution in [1.29, 1.82) is 0 Å². The molecule has 140 valence electrons. The summed E-state index contributed by atoms with van der Waals surface area (Å²) >= 11 is 0. The molecule has 0 unspecified atom stereocenters. The van der Waals surface area contributed by atoms with Gasteiger partial charge in [-0.3, -0.25) is 19.4 Å². The van der Waals surface area contributed by atoms with Gasteiger partial charge >= 0.3 is 0 Å². The number of piperidine rings is 1. The van der Waals surface area contributed by atoms with E-state index >= 15 is 0 Å². The van der Waals surface area contributed by atoms with Gasteiger partial charge in [0.2, 0.25) is 0 Å². The summed E-state index contributed by atoms with van der Waals surface area (Å²) in [6.45, 7) is 9.15. The van der Waals surface area contributed by atoms with Crippen LogP contribution < -0.4 is 0 Å². The SMILES string of the molecule is CCN(CC)C(=O)c1cn(C[C@H]2CCCN(Cc3ccccn3)C2)nn1. The molecule has 0 aliphatic carbocycles. The average molecular weight is 356 g/mol. The third-order valence-electron chi connectivity index (χ3n) is 4.97. The largest absolute Gasteiger partial charge is 0.338 e. The van der Waals surface area contributed by atoms with Crippen molar-refractivity contribution in [3.8, 4) is 0 Å². The predicted molar refractivity (Wildman–Crippen MR) is 99.5 cm³/mol. The summed E-state index contributed by atoms with van der Waals surface area (Å²) in [5.41, 5.74) is 1.55. The highest BCUT2D eigenvalue weighted by Gasteiger charge is 2.22. The first-order valence-corrected chi connectivity index (χ1v) is 9.51. The molecule has 0 aromatic carbocycles. The van der Waals surface area contributed by atoms with E-state index in [0.717, 1.165) is 31.9 Å². The minimum atomic E-state index is -0.0401. The van der Waals surface area contributed by atoms with Crippen LogP contribution in [0.5, 0.6) is 0 Å². The highest BCUT2D eigenvalue weighted by molar-refractivity contribution is 5.91. The maximum absolute atomic E-state index is 12.4. The Morgan fingerprint density at radius 3 is 2.88 bits per heavy atom. The number of likely N-dealkylation sites (tertiary alicyclic amines) is 1. The molecule has 1 fully saturated rings. The monoisotopic (exact) mass is 356 g/mol. The Balaban J connectivity index is 1.56. The van der Waals surface area contributed by atoms with Crippen LogP contribution in [0, 0.1) is 5.92 Å². The molecule has 1 atom stereocenters. The number of carbonyl (C=O) groups is 1. The van der Waals surface area contributed by atoms with E-state index in [2.05, 4.69) is 26.3 Å². The third kappa shape index (κ3) is 4.66. The number of nitrogens with zero attached hydrogens (tertiary/aromatic N) is 6. The van der Waals surface area contributed by atoms with Gasteiger partial charge in [-0.1, -0.05) is 11.3 Å². The van der Waals surface area contributed by atoms with Gasteiger partial charge < -0.3 is 4.90 Å². The summed E-state index contributed by atoms with van der Waals surface area (Å²) in [4.78, 5) is 21.0. The van der Waals surface area contributed by atoms with Crippen LogP contribution >= 0.6 is 0 Å². The minimum absolute atomic E-state index is 0.0401. The fourth-order valence-corrected chi connectivity index (χ4v) is 3.59. The van der Waals surface area contributed by atoms with Gasteiger partial charge in [0.05, 0.1) is 11.9 Å². The molecule has 1 amide bonds. The zero-order chi connectivity index (χ0) is 18.4. The molecule has 0 N–H and O–H groups in total. The number of rotatable bonds is 7. The van der Waals surface area contributed by atoms with Crippen LogP contribution in [0.15, 0.2) is 30.6 Å². The molecule has 2 aromatic rings. The lowest BCUT2D eigenvalue weighted by Crippen LogP contribution is -2.36. The fourth-order valence-electron chi connectivity index (χ4n) is 3.59. The first-order chi connectivity index (χ1) is 12.7. The van der Waals surface area contributed by atoms with Crippen LogP contribution in [-0.4, -0.2) is 61.9 Å². The van der Waals surface area contributed by atoms with Crippen LogP contribution in [0.4, 0.5) is 0 Å². The maximum Gasteiger partial charge on any atom is 0.276 e. The highest BCUT2D eigenvalue weighted by Crippen LogP contribution is 2.19. The lowest BCUT2D eigenvalue weighted by molar-refractivity contribution is 0.0767. The summed E-state index contributed by atoms with van der Waals surface area (Å²) < 4.78 is 1.83. The summed E-state index contributed by atoms with van der Waals surface area (Å²) in [5, 5.41) is 8.26. The molecule has 0 saturated carbocycles. The van der Waals surface area contributed by atoms with Crippen LogP contribution in [0.1, 0.15) is 42.9 Å². The Bertz CT molecular complexity index is 697. The van der Waals surface area contributed by atoms with Crippen molar-refractivity contribution in [2.24, 2.45) is 5.92 Å². The van der Waals surface area contributed by atoms with E-state index in [1.54, 1.807) is 11.1 Å². The zero-order valence-electron chi connectivity index (χ0n) is 15.7. The van der Waals surface area contributed by atoms with Crippen LogP contribution in [0.2, 0.25) is 0 Å². The first-order valence-electron chi connectivity index (χ1n) is 9.51. The number of hydrogen-bond acceptors (Lipinski definition) is 5. The smallest absolute Gasteiger partial charge is 0.276 e. The molecule has 7 nitrogen and oxygen atoms in total. The topological polar surface area (TPSA) is 67.2 Å². The van der Waals surface area contributed by atoms with Crippen LogP contribution in [-0.2, 0) is 13.1 Å². The predicted octanol–water partition coefficient (Wildman–Crippen LogP) is 2.07. The second-order valence-corrected chi connectivity index (χ2v) is 6.87. The van der Waals surface area contributed by atoms with Gasteiger partial charge in [-0.15, -0.1) is 5.10 Å². The molecule has 1 aliphatic rings. The standard InChI is InChI=1S/C19H28N6O/c1-3-24(4-2)19(26)18-15-25(22-21-18)13-16-8-7-11-23(12-16)14-17-9-5-6-10-20-17/h5-6,9-10,15-16H,3-4,7-8,11-14H2,1-2H3/t16-/m0/s1. The van der Waals surface area contributed by atoms with E-state index in [-0.39, 0.29) is 5.91 Å². The molecule has 26 heavy (non-hydrogen) atoms. The normalized spacial score (nSPS) is 18.0. The molecule has 0 radical (unpaired) electrons. The second kappa shape index (κ2) is 8.89. The minimum Gasteiger partial charge on any atom is -0.338 e. The van der Waals surface area contributed by atoms with Crippen molar-refractivity contribution >= 4 is 5.91 Å². The highest BCUT2D eigenvalue weighted by atomic mass is 16.2. The van der Waals surface area contributed by atoms with Crippen molar-refractivity contribution in [3.63, 3.8) is 0 Å². The van der Waals surface area contributed by atoms with Gasteiger partial charge in [0.1, 0.15) is 0 Å². The van der Waals surface area contributed by atoms with Crippen molar-refractivity contribution in [1.82, 2.24) is 29.8 Å². The van der Waals surface area contributed by atoms with Crippen molar-refractivity contribution in [3.05, 3.63) is 42.0 Å². The number of aromatic nitrogens is 4. The van der Waals surface area contributed by atoms with E-state index < -0.39 is 0 Å². The molecule has 3 heterocycles. The maximum atomic E-state index is 12.4. The molecule has 0 bridgehead atoms. The fraction of sp³-hybridized carbons (Fsp3) is 0.579. The number of hydrogen-bond donors (Lipinski definition) is 0. The molecule has 0 spiro atoms. The van der Waals surface area contributed by atoms with E-state index in [4.69, 9.17) is 0 Å².